The third kappa shape index (κ3) is 2.42. The van der Waals surface area contributed by atoms with Gasteiger partial charge in [0, 0.05) is 17.5 Å². The van der Waals surface area contributed by atoms with Gasteiger partial charge in [0.2, 0.25) is 0 Å². The maximum atomic E-state index is 13.0. The molecule has 0 radical (unpaired) electrons. The highest BCUT2D eigenvalue weighted by Crippen LogP contribution is 2.30. The van der Waals surface area contributed by atoms with Gasteiger partial charge in [-0.2, -0.15) is 0 Å². The zero-order chi connectivity index (χ0) is 12.3. The van der Waals surface area contributed by atoms with E-state index < -0.39 is 16.7 Å². The molecule has 1 atom stereocenters. The quantitative estimate of drug-likeness (QED) is 0.584. The fourth-order valence-corrected chi connectivity index (χ4v) is 1.70. The first-order chi connectivity index (χ1) is 7.47. The lowest BCUT2D eigenvalue weighted by molar-refractivity contribution is -0.385. The molecule has 5 heteroatoms. The van der Waals surface area contributed by atoms with Crippen LogP contribution in [-0.4, -0.2) is 10.7 Å². The molecule has 0 aliphatic rings. The Kier molecular flexibility index (Phi) is 3.71. The van der Waals surface area contributed by atoms with Crippen molar-refractivity contribution in [1.82, 2.24) is 0 Å². The van der Waals surface area contributed by atoms with E-state index in [2.05, 4.69) is 0 Å². The molecule has 0 saturated carbocycles. The van der Waals surface area contributed by atoms with Crippen LogP contribution in [-0.2, 0) is 4.79 Å². The van der Waals surface area contributed by atoms with Crippen LogP contribution in [0.25, 0.3) is 0 Å². The number of Topliss-reactive ketones (excluding diaryl/α,β-unsaturated/α-hetero) is 1. The minimum atomic E-state index is -0.615. The highest BCUT2D eigenvalue weighted by atomic mass is 19.1. The van der Waals surface area contributed by atoms with Crippen LogP contribution in [0.1, 0.15) is 31.7 Å². The molecular formula is C11H12FNO3. The van der Waals surface area contributed by atoms with Crippen LogP contribution in [0.5, 0.6) is 0 Å². The SMILES string of the molecule is CCC(C(C)=O)c1cc(F)ccc1[N+](=O)[O-]. The Hall–Kier alpha value is -1.78. The molecule has 0 heterocycles. The fraction of sp³-hybridized carbons (Fsp3) is 0.364. The van der Waals surface area contributed by atoms with Gasteiger partial charge in [0.1, 0.15) is 11.6 Å². The highest BCUT2D eigenvalue weighted by molar-refractivity contribution is 5.84. The Bertz CT molecular complexity index is 431. The van der Waals surface area contributed by atoms with E-state index in [1.807, 2.05) is 0 Å². The zero-order valence-corrected chi connectivity index (χ0v) is 9.07. The normalized spacial score (nSPS) is 12.2. The van der Waals surface area contributed by atoms with E-state index in [1.165, 1.54) is 6.92 Å². The summed E-state index contributed by atoms with van der Waals surface area (Å²) in [7, 11) is 0. The second-order valence-corrected chi connectivity index (χ2v) is 3.53. The van der Waals surface area contributed by atoms with E-state index >= 15 is 0 Å². The first-order valence-corrected chi connectivity index (χ1v) is 4.91. The minimum Gasteiger partial charge on any atom is -0.299 e. The van der Waals surface area contributed by atoms with E-state index in [0.717, 1.165) is 18.2 Å². The van der Waals surface area contributed by atoms with Gasteiger partial charge in [0.05, 0.1) is 4.92 Å². The van der Waals surface area contributed by atoms with Crippen LogP contribution in [0.3, 0.4) is 0 Å². The van der Waals surface area contributed by atoms with Crippen molar-refractivity contribution in [3.63, 3.8) is 0 Å². The molecule has 1 unspecified atom stereocenters. The molecule has 0 aliphatic heterocycles. The molecule has 86 valence electrons. The van der Waals surface area contributed by atoms with Gasteiger partial charge in [-0.15, -0.1) is 0 Å². The number of hydrogen-bond acceptors (Lipinski definition) is 3. The molecule has 0 spiro atoms. The number of ketones is 1. The van der Waals surface area contributed by atoms with Crippen LogP contribution >= 0.6 is 0 Å². The molecule has 1 rings (SSSR count). The Morgan fingerprint density at radius 1 is 1.56 bits per heavy atom. The van der Waals surface area contributed by atoms with Crippen molar-refractivity contribution >= 4 is 11.5 Å². The van der Waals surface area contributed by atoms with Crippen LogP contribution in [0.15, 0.2) is 18.2 Å². The summed E-state index contributed by atoms with van der Waals surface area (Å²) in [4.78, 5) is 21.5. The number of nitro benzene ring substituents is 1. The largest absolute Gasteiger partial charge is 0.299 e. The lowest BCUT2D eigenvalue weighted by Gasteiger charge is -2.11. The van der Waals surface area contributed by atoms with E-state index in [4.69, 9.17) is 0 Å². The van der Waals surface area contributed by atoms with Gasteiger partial charge < -0.3 is 0 Å². The smallest absolute Gasteiger partial charge is 0.273 e. The Morgan fingerprint density at radius 2 is 2.19 bits per heavy atom. The summed E-state index contributed by atoms with van der Waals surface area (Å²) >= 11 is 0. The van der Waals surface area contributed by atoms with Crippen molar-refractivity contribution < 1.29 is 14.1 Å². The average molecular weight is 225 g/mol. The number of nitro groups is 1. The predicted octanol–water partition coefficient (Wildman–Crippen LogP) is 2.82. The molecule has 0 fully saturated rings. The van der Waals surface area contributed by atoms with Crippen molar-refractivity contribution in [2.75, 3.05) is 0 Å². The third-order valence-corrected chi connectivity index (χ3v) is 2.46. The van der Waals surface area contributed by atoms with Crippen LogP contribution in [0.2, 0.25) is 0 Å². The number of rotatable bonds is 4. The van der Waals surface area contributed by atoms with Gasteiger partial charge in [-0.1, -0.05) is 6.92 Å². The van der Waals surface area contributed by atoms with E-state index in [9.17, 15) is 19.3 Å². The number of nitrogens with zero attached hydrogens (tertiary/aromatic N) is 1. The summed E-state index contributed by atoms with van der Waals surface area (Å²) in [5, 5.41) is 10.7. The Morgan fingerprint density at radius 3 is 2.62 bits per heavy atom. The highest BCUT2D eigenvalue weighted by Gasteiger charge is 2.24. The van der Waals surface area contributed by atoms with E-state index in [0.29, 0.717) is 6.42 Å². The summed E-state index contributed by atoms with van der Waals surface area (Å²) in [6, 6.07) is 3.18. The van der Waals surface area contributed by atoms with Crippen LogP contribution < -0.4 is 0 Å². The van der Waals surface area contributed by atoms with E-state index in [1.54, 1.807) is 6.92 Å². The van der Waals surface area contributed by atoms with Gasteiger partial charge in [0.25, 0.3) is 5.69 Å². The van der Waals surface area contributed by atoms with Gasteiger partial charge >= 0.3 is 0 Å². The van der Waals surface area contributed by atoms with Crippen molar-refractivity contribution in [3.8, 4) is 0 Å². The van der Waals surface area contributed by atoms with Gasteiger partial charge in [-0.25, -0.2) is 4.39 Å². The molecule has 0 amide bonds. The monoisotopic (exact) mass is 225 g/mol. The fourth-order valence-electron chi connectivity index (χ4n) is 1.70. The minimum absolute atomic E-state index is 0.153. The molecule has 0 aliphatic carbocycles. The summed E-state index contributed by atoms with van der Waals surface area (Å²) in [5.74, 6) is -1.38. The number of carbonyl (C=O) groups is 1. The number of halogens is 1. The molecule has 16 heavy (non-hydrogen) atoms. The van der Waals surface area contributed by atoms with Crippen LogP contribution in [0.4, 0.5) is 10.1 Å². The number of benzene rings is 1. The van der Waals surface area contributed by atoms with Gasteiger partial charge in [-0.3, -0.25) is 14.9 Å². The summed E-state index contributed by atoms with van der Waals surface area (Å²) < 4.78 is 13.0. The average Bonchev–Trinajstić information content (AvgIpc) is 2.17. The Labute approximate surface area is 92.2 Å². The standard InChI is InChI=1S/C11H12FNO3/c1-3-9(7(2)14)10-6-8(12)4-5-11(10)13(15)16/h4-6,9H,3H2,1-2H3. The van der Waals surface area contributed by atoms with Crippen molar-refractivity contribution in [2.45, 2.75) is 26.2 Å². The third-order valence-electron chi connectivity index (χ3n) is 2.46. The molecule has 1 aromatic carbocycles. The molecule has 0 bridgehead atoms. The molecular weight excluding hydrogens is 213 g/mol. The van der Waals surface area contributed by atoms with Crippen molar-refractivity contribution in [2.24, 2.45) is 0 Å². The van der Waals surface area contributed by atoms with Crippen molar-refractivity contribution in [3.05, 3.63) is 39.7 Å². The van der Waals surface area contributed by atoms with E-state index in [-0.39, 0.29) is 17.0 Å². The molecule has 1 aromatic rings. The van der Waals surface area contributed by atoms with Crippen molar-refractivity contribution in [1.29, 1.82) is 0 Å². The second kappa shape index (κ2) is 4.83. The first kappa shape index (κ1) is 12.3. The van der Waals surface area contributed by atoms with Gasteiger partial charge in [0.15, 0.2) is 0 Å². The molecule has 4 nitrogen and oxygen atoms in total. The Balaban J connectivity index is 3.33. The maximum Gasteiger partial charge on any atom is 0.273 e. The molecule has 0 N–H and O–H groups in total. The molecule has 0 saturated heterocycles. The second-order valence-electron chi connectivity index (χ2n) is 3.53. The number of carbonyl (C=O) groups excluding carboxylic acids is 1. The lowest BCUT2D eigenvalue weighted by Crippen LogP contribution is -2.10. The summed E-state index contributed by atoms with van der Waals surface area (Å²) in [6.45, 7) is 3.09. The lowest BCUT2D eigenvalue weighted by atomic mass is 9.91. The van der Waals surface area contributed by atoms with Gasteiger partial charge in [-0.05, 0) is 25.5 Å². The molecule has 0 aromatic heterocycles. The summed E-state index contributed by atoms with van der Waals surface area (Å²) in [5.41, 5.74) is -0.0524. The predicted molar refractivity (Wildman–Crippen MR) is 56.8 cm³/mol. The number of hydrogen-bond donors (Lipinski definition) is 0. The first-order valence-electron chi connectivity index (χ1n) is 4.91. The zero-order valence-electron chi connectivity index (χ0n) is 9.07. The topological polar surface area (TPSA) is 60.2 Å². The maximum absolute atomic E-state index is 13.0. The van der Waals surface area contributed by atoms with Crippen LogP contribution in [0, 0.1) is 15.9 Å². The summed E-state index contributed by atoms with van der Waals surface area (Å²) in [6.07, 6.45) is 0.416.